The number of sulfone groups is 1. The molecule has 1 amide bonds. The number of benzene rings is 2. The molecule has 0 bridgehead atoms. The van der Waals surface area contributed by atoms with Crippen LogP contribution in [0.5, 0.6) is 0 Å². The maximum atomic E-state index is 14.6. The normalized spacial score (nSPS) is 16.7. The summed E-state index contributed by atoms with van der Waals surface area (Å²) in [6.45, 7) is 7.84. The van der Waals surface area contributed by atoms with Gasteiger partial charge in [-0.15, -0.1) is 11.3 Å². The molecule has 0 saturated carbocycles. The summed E-state index contributed by atoms with van der Waals surface area (Å²) in [4.78, 5) is 20.5. The third-order valence-corrected chi connectivity index (χ3v) is 9.50. The highest BCUT2D eigenvalue weighted by Crippen LogP contribution is 2.47. The van der Waals surface area contributed by atoms with Gasteiger partial charge in [0, 0.05) is 28.0 Å². The van der Waals surface area contributed by atoms with Crippen molar-refractivity contribution in [2.24, 2.45) is 5.92 Å². The Morgan fingerprint density at radius 2 is 1.81 bits per heavy atom. The van der Waals surface area contributed by atoms with Crippen LogP contribution in [0.4, 0.5) is 13.9 Å². The maximum Gasteiger partial charge on any atom is 0.230 e. The Labute approximate surface area is 224 Å². The Balaban J connectivity index is 1.48. The standard InChI is InChI=1S/C26H28ClF2N3O3S2/c1-5-37(34,35)18-8-6-16(7-9-18)10-22(33)30-26-31-24-21(36-26)13-32(25(24)14(2)3)15(4)23-19(28)11-17(27)12-20(23)29/h6-9,11-12,14-15,25H,5,10,13H2,1-4H3,(H,30,31,33)/t15?,25-/m0/s1. The number of carbonyl (C=O) groups is 1. The number of rotatable bonds is 8. The third-order valence-electron chi connectivity index (χ3n) is 6.56. The molecule has 0 fully saturated rings. The van der Waals surface area contributed by atoms with Crippen molar-refractivity contribution in [1.29, 1.82) is 0 Å². The number of aromatic nitrogens is 1. The van der Waals surface area contributed by atoms with Gasteiger partial charge in [0.25, 0.3) is 0 Å². The zero-order valence-electron chi connectivity index (χ0n) is 20.9. The van der Waals surface area contributed by atoms with Gasteiger partial charge in [-0.25, -0.2) is 22.2 Å². The van der Waals surface area contributed by atoms with E-state index in [0.29, 0.717) is 17.2 Å². The van der Waals surface area contributed by atoms with Crippen LogP contribution in [0, 0.1) is 17.6 Å². The van der Waals surface area contributed by atoms with Crippen molar-refractivity contribution in [3.05, 3.63) is 74.8 Å². The molecule has 0 spiro atoms. The molecule has 1 unspecified atom stereocenters. The van der Waals surface area contributed by atoms with Gasteiger partial charge in [0.2, 0.25) is 5.91 Å². The van der Waals surface area contributed by atoms with E-state index in [4.69, 9.17) is 11.6 Å². The molecule has 37 heavy (non-hydrogen) atoms. The number of carbonyl (C=O) groups excluding carboxylic acids is 1. The first-order valence-corrected chi connectivity index (χ1v) is 14.8. The SMILES string of the molecule is CCS(=O)(=O)c1ccc(CC(=O)Nc2nc3c(s2)CN(C(C)c2c(F)cc(Cl)cc2F)[C@H]3C(C)C)cc1. The number of nitrogens with zero attached hydrogens (tertiary/aromatic N) is 2. The molecule has 4 rings (SSSR count). The largest absolute Gasteiger partial charge is 0.302 e. The predicted octanol–water partition coefficient (Wildman–Crippen LogP) is 6.32. The molecule has 1 aliphatic rings. The number of fused-ring (bicyclic) bond motifs is 1. The first-order valence-electron chi connectivity index (χ1n) is 11.9. The van der Waals surface area contributed by atoms with E-state index in [0.717, 1.165) is 22.7 Å². The van der Waals surface area contributed by atoms with Gasteiger partial charge in [-0.2, -0.15) is 0 Å². The van der Waals surface area contributed by atoms with Gasteiger partial charge in [-0.05, 0) is 42.7 Å². The average Bonchev–Trinajstić information content (AvgIpc) is 3.35. The Hall–Kier alpha value is -2.40. The minimum Gasteiger partial charge on any atom is -0.302 e. The maximum absolute atomic E-state index is 14.6. The van der Waals surface area contributed by atoms with Crippen molar-refractivity contribution >= 4 is 43.8 Å². The second-order valence-corrected chi connectivity index (χ2v) is 13.2. The van der Waals surface area contributed by atoms with Gasteiger partial charge in [0.15, 0.2) is 15.0 Å². The number of hydrogen-bond acceptors (Lipinski definition) is 6. The van der Waals surface area contributed by atoms with E-state index >= 15 is 0 Å². The highest BCUT2D eigenvalue weighted by atomic mass is 35.5. The Bertz CT molecular complexity index is 1400. The van der Waals surface area contributed by atoms with Crippen LogP contribution in [0.3, 0.4) is 0 Å². The van der Waals surface area contributed by atoms with Crippen molar-refractivity contribution in [2.45, 2.75) is 57.6 Å². The van der Waals surface area contributed by atoms with E-state index in [9.17, 15) is 22.0 Å². The van der Waals surface area contributed by atoms with Crippen LogP contribution in [-0.2, 0) is 27.6 Å². The van der Waals surface area contributed by atoms with Crippen LogP contribution in [0.25, 0.3) is 0 Å². The van der Waals surface area contributed by atoms with E-state index in [1.165, 1.54) is 23.5 Å². The lowest BCUT2D eigenvalue weighted by atomic mass is 9.98. The molecule has 0 radical (unpaired) electrons. The van der Waals surface area contributed by atoms with Gasteiger partial charge in [0.05, 0.1) is 28.8 Å². The van der Waals surface area contributed by atoms with Crippen LogP contribution in [0.1, 0.15) is 61.5 Å². The van der Waals surface area contributed by atoms with Gasteiger partial charge in [-0.3, -0.25) is 9.69 Å². The molecular formula is C26H28ClF2N3O3S2. The topological polar surface area (TPSA) is 79.4 Å². The third kappa shape index (κ3) is 5.72. The highest BCUT2D eigenvalue weighted by Gasteiger charge is 2.40. The fourth-order valence-electron chi connectivity index (χ4n) is 4.71. The highest BCUT2D eigenvalue weighted by molar-refractivity contribution is 7.91. The first-order chi connectivity index (χ1) is 17.4. The molecule has 6 nitrogen and oxygen atoms in total. The summed E-state index contributed by atoms with van der Waals surface area (Å²) in [5, 5.41) is 3.30. The van der Waals surface area contributed by atoms with Gasteiger partial charge in [-0.1, -0.05) is 44.5 Å². The predicted molar refractivity (Wildman–Crippen MR) is 142 cm³/mol. The lowest BCUT2D eigenvalue weighted by Crippen LogP contribution is -2.30. The molecule has 2 atom stereocenters. The van der Waals surface area contributed by atoms with Crippen LogP contribution in [0.2, 0.25) is 5.02 Å². The molecule has 0 saturated heterocycles. The lowest BCUT2D eigenvalue weighted by molar-refractivity contribution is -0.115. The molecule has 1 N–H and O–H groups in total. The monoisotopic (exact) mass is 567 g/mol. The van der Waals surface area contributed by atoms with Gasteiger partial charge in [0.1, 0.15) is 11.6 Å². The van der Waals surface area contributed by atoms with E-state index in [1.54, 1.807) is 26.0 Å². The molecule has 2 heterocycles. The van der Waals surface area contributed by atoms with Crippen molar-refractivity contribution in [3.8, 4) is 0 Å². The smallest absolute Gasteiger partial charge is 0.230 e. The molecule has 1 aliphatic heterocycles. The minimum absolute atomic E-state index is 0.0101. The van der Waals surface area contributed by atoms with Gasteiger partial charge < -0.3 is 5.32 Å². The number of halogens is 3. The summed E-state index contributed by atoms with van der Waals surface area (Å²) in [5.41, 5.74) is 1.45. The van der Waals surface area contributed by atoms with E-state index < -0.39 is 27.5 Å². The van der Waals surface area contributed by atoms with Crippen LogP contribution in [0.15, 0.2) is 41.3 Å². The number of nitrogens with one attached hydrogen (secondary N) is 1. The van der Waals surface area contributed by atoms with Crippen molar-refractivity contribution < 1.29 is 22.0 Å². The average molecular weight is 568 g/mol. The summed E-state index contributed by atoms with van der Waals surface area (Å²) in [5.74, 6) is -1.52. The van der Waals surface area contributed by atoms with Crippen molar-refractivity contribution in [3.63, 3.8) is 0 Å². The zero-order valence-corrected chi connectivity index (χ0v) is 23.3. The fourth-order valence-corrected chi connectivity index (χ4v) is 6.81. The summed E-state index contributed by atoms with van der Waals surface area (Å²) >= 11 is 7.15. The van der Waals surface area contributed by atoms with E-state index in [-0.39, 0.29) is 45.5 Å². The second kappa shape index (κ2) is 10.8. The summed E-state index contributed by atoms with van der Waals surface area (Å²) < 4.78 is 53.2. The Morgan fingerprint density at radius 1 is 1.19 bits per heavy atom. The Morgan fingerprint density at radius 3 is 2.38 bits per heavy atom. The van der Waals surface area contributed by atoms with E-state index in [2.05, 4.69) is 10.3 Å². The van der Waals surface area contributed by atoms with Crippen LogP contribution >= 0.6 is 22.9 Å². The van der Waals surface area contributed by atoms with Crippen LogP contribution < -0.4 is 5.32 Å². The number of hydrogen-bond donors (Lipinski definition) is 1. The zero-order chi connectivity index (χ0) is 27.1. The van der Waals surface area contributed by atoms with E-state index in [1.807, 2.05) is 18.7 Å². The van der Waals surface area contributed by atoms with Gasteiger partial charge >= 0.3 is 0 Å². The molecule has 3 aromatic rings. The summed E-state index contributed by atoms with van der Waals surface area (Å²) in [6.07, 6.45) is 0.0720. The molecule has 1 aromatic heterocycles. The molecule has 11 heteroatoms. The summed E-state index contributed by atoms with van der Waals surface area (Å²) in [7, 11) is -3.30. The fraction of sp³-hybridized carbons (Fsp3) is 0.385. The first kappa shape index (κ1) is 27.6. The molecule has 0 aliphatic carbocycles. The Kier molecular flexibility index (Phi) is 8.04. The number of anilines is 1. The molecular weight excluding hydrogens is 540 g/mol. The molecule has 2 aromatic carbocycles. The van der Waals surface area contributed by atoms with Crippen molar-refractivity contribution in [2.75, 3.05) is 11.1 Å². The number of amides is 1. The summed E-state index contributed by atoms with van der Waals surface area (Å²) in [6, 6.07) is 7.78. The lowest BCUT2D eigenvalue weighted by Gasteiger charge is -2.33. The second-order valence-electron chi connectivity index (χ2n) is 9.42. The van der Waals surface area contributed by atoms with Crippen molar-refractivity contribution in [1.82, 2.24) is 9.88 Å². The number of thiazole rings is 1. The van der Waals surface area contributed by atoms with Crippen LogP contribution in [-0.4, -0.2) is 30.0 Å². The molecule has 198 valence electrons. The quantitative estimate of drug-likeness (QED) is 0.344. The minimum atomic E-state index is -3.30.